The van der Waals surface area contributed by atoms with E-state index in [4.69, 9.17) is 11.6 Å². The molecular formula is C16H18ClN. The molecule has 0 heterocycles. The van der Waals surface area contributed by atoms with E-state index in [0.29, 0.717) is 6.04 Å². The molecule has 1 N–H and O–H groups in total. The molecule has 1 unspecified atom stereocenters. The lowest BCUT2D eigenvalue weighted by atomic mass is 10.1. The summed E-state index contributed by atoms with van der Waals surface area (Å²) in [7, 11) is 0. The lowest BCUT2D eigenvalue weighted by Crippen LogP contribution is -2.15. The summed E-state index contributed by atoms with van der Waals surface area (Å²) in [6.45, 7) is 2.21. The van der Waals surface area contributed by atoms with Crippen molar-refractivity contribution in [1.29, 1.82) is 0 Å². The van der Waals surface area contributed by atoms with Crippen LogP contribution < -0.4 is 5.32 Å². The van der Waals surface area contributed by atoms with E-state index in [9.17, 15) is 0 Å². The van der Waals surface area contributed by atoms with Crippen molar-refractivity contribution in [1.82, 2.24) is 0 Å². The number of rotatable bonds is 5. The highest BCUT2D eigenvalue weighted by Gasteiger charge is 2.02. The van der Waals surface area contributed by atoms with Crippen LogP contribution in [0.3, 0.4) is 0 Å². The summed E-state index contributed by atoms with van der Waals surface area (Å²) in [5.41, 5.74) is 2.52. The van der Waals surface area contributed by atoms with Crippen LogP contribution in [0.2, 0.25) is 5.02 Å². The number of aryl methyl sites for hydroxylation is 1. The van der Waals surface area contributed by atoms with E-state index in [1.54, 1.807) is 0 Å². The molecule has 0 fully saturated rings. The molecule has 2 aromatic carbocycles. The molecule has 2 rings (SSSR count). The molecule has 0 saturated carbocycles. The molecule has 0 amide bonds. The van der Waals surface area contributed by atoms with Gasteiger partial charge in [0.05, 0.1) is 0 Å². The Morgan fingerprint density at radius 3 is 2.33 bits per heavy atom. The number of benzene rings is 2. The van der Waals surface area contributed by atoms with E-state index in [1.807, 2.05) is 30.3 Å². The highest BCUT2D eigenvalue weighted by atomic mass is 35.5. The molecule has 0 spiro atoms. The zero-order valence-corrected chi connectivity index (χ0v) is 11.3. The minimum Gasteiger partial charge on any atom is -0.383 e. The molecule has 0 aromatic heterocycles. The monoisotopic (exact) mass is 259 g/mol. The number of hydrogen-bond acceptors (Lipinski definition) is 1. The topological polar surface area (TPSA) is 12.0 Å². The van der Waals surface area contributed by atoms with E-state index in [1.165, 1.54) is 11.3 Å². The van der Waals surface area contributed by atoms with Crippen molar-refractivity contribution in [2.45, 2.75) is 25.8 Å². The van der Waals surface area contributed by atoms with Crippen molar-refractivity contribution < 1.29 is 0 Å². The number of hydrogen-bond donors (Lipinski definition) is 1. The van der Waals surface area contributed by atoms with Gasteiger partial charge >= 0.3 is 0 Å². The minimum atomic E-state index is 0.461. The predicted molar refractivity (Wildman–Crippen MR) is 79.3 cm³/mol. The van der Waals surface area contributed by atoms with Crippen LogP contribution in [0, 0.1) is 0 Å². The van der Waals surface area contributed by atoms with Crippen molar-refractivity contribution in [3.8, 4) is 0 Å². The minimum absolute atomic E-state index is 0.461. The van der Waals surface area contributed by atoms with Gasteiger partial charge in [-0.3, -0.25) is 0 Å². The Balaban J connectivity index is 1.81. The van der Waals surface area contributed by atoms with Gasteiger partial charge in [-0.1, -0.05) is 41.9 Å². The van der Waals surface area contributed by atoms with Crippen molar-refractivity contribution in [3.63, 3.8) is 0 Å². The van der Waals surface area contributed by atoms with Crippen molar-refractivity contribution in [2.75, 3.05) is 5.32 Å². The molecule has 0 aliphatic rings. The summed E-state index contributed by atoms with van der Waals surface area (Å²) >= 11 is 5.87. The van der Waals surface area contributed by atoms with Gasteiger partial charge in [0.1, 0.15) is 0 Å². The fourth-order valence-electron chi connectivity index (χ4n) is 1.93. The first-order chi connectivity index (χ1) is 8.74. The number of para-hydroxylation sites is 1. The molecule has 0 radical (unpaired) electrons. The third-order valence-corrected chi connectivity index (χ3v) is 3.22. The van der Waals surface area contributed by atoms with Crippen LogP contribution in [0.25, 0.3) is 0 Å². The second kappa shape index (κ2) is 6.46. The molecule has 0 saturated heterocycles. The molecule has 0 bridgehead atoms. The van der Waals surface area contributed by atoms with Crippen LogP contribution in [-0.2, 0) is 6.42 Å². The largest absolute Gasteiger partial charge is 0.383 e. The van der Waals surface area contributed by atoms with Crippen LogP contribution in [0.15, 0.2) is 54.6 Å². The Kier molecular flexibility index (Phi) is 4.66. The van der Waals surface area contributed by atoms with E-state index in [-0.39, 0.29) is 0 Å². The van der Waals surface area contributed by atoms with Crippen LogP contribution in [-0.4, -0.2) is 6.04 Å². The molecular weight excluding hydrogens is 242 g/mol. The maximum absolute atomic E-state index is 5.87. The first-order valence-electron chi connectivity index (χ1n) is 6.30. The second-order valence-electron chi connectivity index (χ2n) is 4.58. The van der Waals surface area contributed by atoms with E-state index in [2.05, 4.69) is 36.5 Å². The highest BCUT2D eigenvalue weighted by Crippen LogP contribution is 2.13. The van der Waals surface area contributed by atoms with E-state index >= 15 is 0 Å². The van der Waals surface area contributed by atoms with Gasteiger partial charge in [0.15, 0.2) is 0 Å². The number of halogens is 1. The second-order valence-corrected chi connectivity index (χ2v) is 5.01. The Bertz CT molecular complexity index is 464. The quantitative estimate of drug-likeness (QED) is 0.815. The van der Waals surface area contributed by atoms with Crippen LogP contribution in [0.1, 0.15) is 18.9 Å². The predicted octanol–water partition coefficient (Wildman–Crippen LogP) is 4.77. The van der Waals surface area contributed by atoms with Gasteiger partial charge < -0.3 is 5.32 Å². The van der Waals surface area contributed by atoms with Gasteiger partial charge in [-0.2, -0.15) is 0 Å². The van der Waals surface area contributed by atoms with Gasteiger partial charge in [0.2, 0.25) is 0 Å². The number of nitrogens with one attached hydrogen (secondary N) is 1. The average Bonchev–Trinajstić information content (AvgIpc) is 2.39. The Morgan fingerprint density at radius 1 is 1.00 bits per heavy atom. The summed E-state index contributed by atoms with van der Waals surface area (Å²) in [5, 5.41) is 4.30. The molecule has 2 heteroatoms. The lowest BCUT2D eigenvalue weighted by molar-refractivity contribution is 0.706. The van der Waals surface area contributed by atoms with Crippen LogP contribution >= 0.6 is 11.6 Å². The average molecular weight is 260 g/mol. The normalized spacial score (nSPS) is 12.1. The molecule has 1 atom stereocenters. The third kappa shape index (κ3) is 4.08. The molecule has 2 aromatic rings. The lowest BCUT2D eigenvalue weighted by Gasteiger charge is -2.15. The summed E-state index contributed by atoms with van der Waals surface area (Å²) in [5.74, 6) is 0. The molecule has 1 nitrogen and oxygen atoms in total. The first-order valence-corrected chi connectivity index (χ1v) is 6.68. The van der Waals surface area contributed by atoms with Gasteiger partial charge in [0, 0.05) is 16.8 Å². The zero-order valence-electron chi connectivity index (χ0n) is 10.6. The summed E-state index contributed by atoms with van der Waals surface area (Å²) in [6.07, 6.45) is 2.18. The summed E-state index contributed by atoms with van der Waals surface area (Å²) in [4.78, 5) is 0. The van der Waals surface area contributed by atoms with Gasteiger partial charge in [0.25, 0.3) is 0 Å². The van der Waals surface area contributed by atoms with Crippen molar-refractivity contribution in [2.24, 2.45) is 0 Å². The zero-order chi connectivity index (χ0) is 12.8. The van der Waals surface area contributed by atoms with Crippen LogP contribution in [0.4, 0.5) is 5.69 Å². The van der Waals surface area contributed by atoms with Gasteiger partial charge in [-0.25, -0.2) is 0 Å². The standard InChI is InChI=1S/C16H18ClN/c1-13(18-16-5-3-2-4-6-16)7-8-14-9-11-15(17)12-10-14/h2-6,9-13,18H,7-8H2,1H3. The Labute approximate surface area is 114 Å². The summed E-state index contributed by atoms with van der Waals surface area (Å²) < 4.78 is 0. The number of anilines is 1. The Morgan fingerprint density at radius 2 is 1.67 bits per heavy atom. The first kappa shape index (κ1) is 13.0. The van der Waals surface area contributed by atoms with Crippen molar-refractivity contribution >= 4 is 17.3 Å². The van der Waals surface area contributed by atoms with E-state index < -0.39 is 0 Å². The maximum Gasteiger partial charge on any atom is 0.0406 e. The SMILES string of the molecule is CC(CCc1ccc(Cl)cc1)Nc1ccccc1. The molecule has 0 aliphatic carbocycles. The molecule has 94 valence electrons. The maximum atomic E-state index is 5.87. The van der Waals surface area contributed by atoms with Gasteiger partial charge in [-0.05, 0) is 49.6 Å². The third-order valence-electron chi connectivity index (χ3n) is 2.97. The fraction of sp³-hybridized carbons (Fsp3) is 0.250. The van der Waals surface area contributed by atoms with Crippen molar-refractivity contribution in [3.05, 3.63) is 65.2 Å². The van der Waals surface area contributed by atoms with Gasteiger partial charge in [-0.15, -0.1) is 0 Å². The molecule has 0 aliphatic heterocycles. The van der Waals surface area contributed by atoms with E-state index in [0.717, 1.165) is 17.9 Å². The fourth-order valence-corrected chi connectivity index (χ4v) is 2.05. The smallest absolute Gasteiger partial charge is 0.0406 e. The Hall–Kier alpha value is -1.47. The highest BCUT2D eigenvalue weighted by molar-refractivity contribution is 6.30. The molecule has 18 heavy (non-hydrogen) atoms. The van der Waals surface area contributed by atoms with Crippen LogP contribution in [0.5, 0.6) is 0 Å². The summed E-state index contributed by atoms with van der Waals surface area (Å²) in [6, 6.07) is 18.9.